The van der Waals surface area contributed by atoms with Gasteiger partial charge in [-0.3, -0.25) is 4.79 Å². The van der Waals surface area contributed by atoms with Gasteiger partial charge in [0.1, 0.15) is 6.10 Å². The molecule has 33 heavy (non-hydrogen) atoms. The van der Waals surface area contributed by atoms with Crippen molar-refractivity contribution < 1.29 is 38.4 Å². The molecule has 0 saturated heterocycles. The van der Waals surface area contributed by atoms with Crippen molar-refractivity contribution in [2.45, 2.75) is 102 Å². The highest BCUT2D eigenvalue weighted by Crippen LogP contribution is 2.41. The van der Waals surface area contributed by atoms with Crippen LogP contribution in [0.15, 0.2) is 36.6 Å². The van der Waals surface area contributed by atoms with Gasteiger partial charge in [0.25, 0.3) is 5.92 Å². The maximum atomic E-state index is 14.0. The maximum absolute atomic E-state index is 14.0. The molecule has 188 valence electrons. The van der Waals surface area contributed by atoms with Crippen molar-refractivity contribution >= 4 is 5.97 Å². The highest BCUT2D eigenvalue weighted by Gasteiger charge is 2.43. The van der Waals surface area contributed by atoms with Crippen LogP contribution < -0.4 is 0 Å². The number of carboxylic acids is 1. The van der Waals surface area contributed by atoms with E-state index in [4.69, 9.17) is 14.6 Å². The molecule has 6 nitrogen and oxygen atoms in total. The maximum Gasteiger partial charge on any atom is 0.303 e. The lowest BCUT2D eigenvalue weighted by Gasteiger charge is -2.28. The number of allylic oxidation sites excluding steroid dienone is 4. The van der Waals surface area contributed by atoms with Crippen molar-refractivity contribution in [2.75, 3.05) is 0 Å². The number of hydrogen-bond donors (Lipinski definition) is 3. The summed E-state index contributed by atoms with van der Waals surface area (Å²) in [5.41, 5.74) is 0. The molecule has 1 heterocycles. The summed E-state index contributed by atoms with van der Waals surface area (Å²) >= 11 is 0. The standard InChI is InChI=1S/C25H38F2O6/c1-2-15-25(26,27)22(29)12-9-11-19-18(10-5-3-4-6-13-23(30)31)20(28)17-21(19)33-24-14-7-8-16-32-24/h3,5,7-8,14,16,18-22,24,28-29H,2,4,6,9-13,15,17H2,1H3,(H,30,31)/b5-3-/t18-,19?,20+,21-,22?,24-/m1/s1. The van der Waals surface area contributed by atoms with E-state index >= 15 is 0 Å². The average Bonchev–Trinajstić information content (AvgIpc) is 3.05. The average molecular weight is 473 g/mol. The first kappa shape index (κ1) is 27.5. The predicted octanol–water partition coefficient (Wildman–Crippen LogP) is 4.96. The molecule has 1 aliphatic carbocycles. The van der Waals surface area contributed by atoms with Crippen LogP contribution >= 0.6 is 0 Å². The molecule has 0 amide bonds. The van der Waals surface area contributed by atoms with E-state index in [0.717, 1.165) is 0 Å². The molecule has 1 aliphatic heterocycles. The minimum Gasteiger partial charge on any atom is -0.481 e. The summed E-state index contributed by atoms with van der Waals surface area (Å²) in [6, 6.07) is 0. The molecule has 0 radical (unpaired) electrons. The Morgan fingerprint density at radius 2 is 2.06 bits per heavy atom. The quantitative estimate of drug-likeness (QED) is 0.230. The van der Waals surface area contributed by atoms with Gasteiger partial charge in [-0.2, -0.15) is 0 Å². The lowest BCUT2D eigenvalue weighted by atomic mass is 9.85. The fourth-order valence-electron chi connectivity index (χ4n) is 4.66. The number of aliphatic carboxylic acids is 1. The third-order valence-corrected chi connectivity index (χ3v) is 6.40. The van der Waals surface area contributed by atoms with E-state index in [-0.39, 0.29) is 37.2 Å². The number of rotatable bonds is 15. The monoisotopic (exact) mass is 472 g/mol. The predicted molar refractivity (Wildman–Crippen MR) is 121 cm³/mol. The summed E-state index contributed by atoms with van der Waals surface area (Å²) in [4.78, 5) is 10.6. The zero-order valence-corrected chi connectivity index (χ0v) is 19.3. The molecule has 0 bridgehead atoms. The van der Waals surface area contributed by atoms with Crippen LogP contribution in [0.4, 0.5) is 8.78 Å². The first-order chi connectivity index (χ1) is 15.7. The van der Waals surface area contributed by atoms with Crippen LogP contribution in [0.25, 0.3) is 0 Å². The second-order valence-corrected chi connectivity index (χ2v) is 8.97. The van der Waals surface area contributed by atoms with E-state index in [9.17, 15) is 23.8 Å². The van der Waals surface area contributed by atoms with Gasteiger partial charge in [0.15, 0.2) is 0 Å². The van der Waals surface area contributed by atoms with E-state index in [1.54, 1.807) is 19.1 Å². The molecule has 2 unspecified atom stereocenters. The number of hydrogen-bond acceptors (Lipinski definition) is 5. The number of unbranched alkanes of at least 4 members (excludes halogenated alkanes) is 1. The summed E-state index contributed by atoms with van der Waals surface area (Å²) in [6.07, 6.45) is 10.9. The molecule has 3 N–H and O–H groups in total. The van der Waals surface area contributed by atoms with E-state index < -0.39 is 30.4 Å². The van der Waals surface area contributed by atoms with Crippen LogP contribution in [0.2, 0.25) is 0 Å². The lowest BCUT2D eigenvalue weighted by Crippen LogP contribution is -2.33. The minimum atomic E-state index is -3.09. The lowest BCUT2D eigenvalue weighted by molar-refractivity contribution is -0.137. The van der Waals surface area contributed by atoms with E-state index in [1.807, 2.05) is 18.2 Å². The topological polar surface area (TPSA) is 96.2 Å². The molecule has 8 heteroatoms. The zero-order valence-electron chi connectivity index (χ0n) is 19.3. The zero-order chi connectivity index (χ0) is 24.3. The number of halogens is 2. The van der Waals surface area contributed by atoms with Crippen LogP contribution in [0.3, 0.4) is 0 Å². The van der Waals surface area contributed by atoms with Crippen LogP contribution in [0.1, 0.15) is 71.1 Å². The fraction of sp³-hybridized carbons (Fsp3) is 0.720. The number of carboxylic acid groups (broad SMARTS) is 1. The van der Waals surface area contributed by atoms with Crippen LogP contribution in [0, 0.1) is 11.8 Å². The third-order valence-electron chi connectivity index (χ3n) is 6.40. The number of aliphatic hydroxyl groups is 2. The highest BCUT2D eigenvalue weighted by atomic mass is 19.3. The Balaban J connectivity index is 1.96. The van der Waals surface area contributed by atoms with Gasteiger partial charge in [-0.15, -0.1) is 0 Å². The summed E-state index contributed by atoms with van der Waals surface area (Å²) in [6.45, 7) is 1.67. The molecule has 1 fully saturated rings. The molecular formula is C25H38F2O6. The molecule has 1 saturated carbocycles. The van der Waals surface area contributed by atoms with Crippen LogP contribution in [-0.4, -0.2) is 51.8 Å². The molecule has 0 aromatic heterocycles. The number of ether oxygens (including phenoxy) is 2. The molecule has 0 aromatic carbocycles. The molecule has 2 rings (SSSR count). The molecule has 0 aromatic rings. The first-order valence-electron chi connectivity index (χ1n) is 12.0. The summed E-state index contributed by atoms with van der Waals surface area (Å²) in [7, 11) is 0. The summed E-state index contributed by atoms with van der Waals surface area (Å²) < 4.78 is 39.5. The van der Waals surface area contributed by atoms with Crippen molar-refractivity contribution in [1.82, 2.24) is 0 Å². The summed E-state index contributed by atoms with van der Waals surface area (Å²) in [5.74, 6) is -4.10. The number of alkyl halides is 2. The Morgan fingerprint density at radius 3 is 2.73 bits per heavy atom. The van der Waals surface area contributed by atoms with Gasteiger partial charge >= 0.3 is 5.97 Å². The molecule has 6 atom stereocenters. The Hall–Kier alpha value is -1.77. The van der Waals surface area contributed by atoms with Crippen molar-refractivity contribution in [3.05, 3.63) is 36.6 Å². The van der Waals surface area contributed by atoms with Gasteiger partial charge in [0.2, 0.25) is 6.29 Å². The van der Waals surface area contributed by atoms with Gasteiger partial charge < -0.3 is 24.8 Å². The minimum absolute atomic E-state index is 0.00731. The SMILES string of the molecule is CCCC(F)(F)C(O)CCCC1[C@@H](C/C=C\CCCC(=O)O)[C@@H](O)C[C@H]1O[C@@H]1C=CC=CO1. The molecule has 2 aliphatic rings. The van der Waals surface area contributed by atoms with Gasteiger partial charge in [-0.1, -0.05) is 38.0 Å². The molecule has 0 spiro atoms. The van der Waals surface area contributed by atoms with Crippen molar-refractivity contribution in [2.24, 2.45) is 11.8 Å². The van der Waals surface area contributed by atoms with Crippen LogP contribution in [-0.2, 0) is 14.3 Å². The Labute approximate surface area is 195 Å². The highest BCUT2D eigenvalue weighted by molar-refractivity contribution is 5.66. The van der Waals surface area contributed by atoms with Gasteiger partial charge in [-0.05, 0) is 56.1 Å². The number of aliphatic hydroxyl groups excluding tert-OH is 2. The van der Waals surface area contributed by atoms with Gasteiger partial charge in [0, 0.05) is 19.3 Å². The van der Waals surface area contributed by atoms with E-state index in [1.165, 1.54) is 6.26 Å². The second-order valence-electron chi connectivity index (χ2n) is 8.97. The van der Waals surface area contributed by atoms with E-state index in [0.29, 0.717) is 44.9 Å². The number of carbonyl (C=O) groups is 1. The van der Waals surface area contributed by atoms with Gasteiger partial charge in [-0.25, -0.2) is 8.78 Å². The normalized spacial score (nSPS) is 28.3. The van der Waals surface area contributed by atoms with Gasteiger partial charge in [0.05, 0.1) is 18.5 Å². The second kappa shape index (κ2) is 13.8. The summed E-state index contributed by atoms with van der Waals surface area (Å²) in [5, 5.41) is 29.4. The van der Waals surface area contributed by atoms with Crippen molar-refractivity contribution in [3.63, 3.8) is 0 Å². The third kappa shape index (κ3) is 9.18. The van der Waals surface area contributed by atoms with Crippen LogP contribution in [0.5, 0.6) is 0 Å². The fourth-order valence-corrected chi connectivity index (χ4v) is 4.66. The Bertz CT molecular complexity index is 678. The van der Waals surface area contributed by atoms with E-state index in [2.05, 4.69) is 0 Å². The first-order valence-corrected chi connectivity index (χ1v) is 12.0. The smallest absolute Gasteiger partial charge is 0.303 e. The Morgan fingerprint density at radius 1 is 1.27 bits per heavy atom. The molecular weight excluding hydrogens is 434 g/mol. The van der Waals surface area contributed by atoms with Crippen molar-refractivity contribution in [3.8, 4) is 0 Å². The van der Waals surface area contributed by atoms with Crippen molar-refractivity contribution in [1.29, 1.82) is 0 Å². The largest absolute Gasteiger partial charge is 0.481 e. The Kier molecular flexibility index (Phi) is 11.5.